The summed E-state index contributed by atoms with van der Waals surface area (Å²) in [5.41, 5.74) is 7.58. The number of aromatic nitrogens is 2. The summed E-state index contributed by atoms with van der Waals surface area (Å²) in [6.07, 6.45) is 1.23. The highest BCUT2D eigenvalue weighted by atomic mass is 19.4. The molecule has 2 aromatic carbocycles. The number of nitrogens with zero attached hydrogens (tertiary/aromatic N) is 2. The van der Waals surface area contributed by atoms with Crippen LogP contribution < -0.4 is 4.74 Å². The molecule has 0 radical (unpaired) electrons. The minimum Gasteiger partial charge on any atom is -0.493 e. The number of H-pyrrole nitrogens is 1. The van der Waals surface area contributed by atoms with Crippen LogP contribution in [0.25, 0.3) is 12.2 Å². The molecule has 9 heteroatoms. The fourth-order valence-corrected chi connectivity index (χ4v) is 3.98. The largest absolute Gasteiger partial charge is 0.493 e. The van der Waals surface area contributed by atoms with Crippen molar-refractivity contribution in [2.24, 2.45) is 0 Å². The number of fused-ring (bicyclic) bond motifs is 2. The monoisotopic (exact) mass is 471 g/mol. The van der Waals surface area contributed by atoms with E-state index in [-0.39, 0.29) is 0 Å². The molecule has 0 saturated heterocycles. The predicted octanol–water partition coefficient (Wildman–Crippen LogP) is 4.71. The van der Waals surface area contributed by atoms with Crippen molar-refractivity contribution in [1.82, 2.24) is 15.1 Å². The minimum atomic E-state index is -5.08. The van der Waals surface area contributed by atoms with Crippen LogP contribution in [0.5, 0.6) is 5.75 Å². The average molecular weight is 471 g/mol. The molecule has 5 rings (SSSR count). The lowest BCUT2D eigenvalue weighted by Gasteiger charge is -2.27. The molecule has 0 saturated carbocycles. The van der Waals surface area contributed by atoms with Crippen LogP contribution in [0.15, 0.2) is 48.5 Å². The van der Waals surface area contributed by atoms with E-state index in [1.807, 2.05) is 6.07 Å². The molecule has 2 N–H and O–H groups in total. The molecule has 0 aliphatic carbocycles. The number of carbonyl (C=O) groups is 1. The number of carboxylic acid groups (broad SMARTS) is 1. The SMILES string of the molecule is C(=Cc1n[nH]c2c1CN(Cc1ccc3c(c1)CCO3)CC2)c1ccccc1.O=C(O)C(F)(F)F. The molecule has 0 bridgehead atoms. The van der Waals surface area contributed by atoms with E-state index >= 15 is 0 Å². The Morgan fingerprint density at radius 2 is 1.91 bits per heavy atom. The van der Waals surface area contributed by atoms with Crippen molar-refractivity contribution in [3.63, 3.8) is 0 Å². The first kappa shape index (κ1) is 23.6. The van der Waals surface area contributed by atoms with Crippen molar-refractivity contribution in [3.05, 3.63) is 82.2 Å². The van der Waals surface area contributed by atoms with Gasteiger partial charge < -0.3 is 9.84 Å². The molecule has 0 fully saturated rings. The van der Waals surface area contributed by atoms with Gasteiger partial charge in [0, 0.05) is 43.7 Å². The van der Waals surface area contributed by atoms with Crippen LogP contribution in [0.4, 0.5) is 13.2 Å². The van der Waals surface area contributed by atoms with Gasteiger partial charge in [0.1, 0.15) is 5.75 Å². The summed E-state index contributed by atoms with van der Waals surface area (Å²) in [6, 6.07) is 17.0. The summed E-state index contributed by atoms with van der Waals surface area (Å²) in [5, 5.41) is 14.9. The van der Waals surface area contributed by atoms with Gasteiger partial charge in [-0.1, -0.05) is 48.5 Å². The number of benzene rings is 2. The van der Waals surface area contributed by atoms with Gasteiger partial charge in [0.25, 0.3) is 0 Å². The minimum absolute atomic E-state index is 0.817. The Bertz CT molecular complexity index is 1170. The van der Waals surface area contributed by atoms with Gasteiger partial charge in [-0.3, -0.25) is 10.00 Å². The third-order valence-corrected chi connectivity index (χ3v) is 5.68. The molecule has 0 atom stereocenters. The van der Waals surface area contributed by atoms with Crippen LogP contribution in [0.3, 0.4) is 0 Å². The summed E-state index contributed by atoms with van der Waals surface area (Å²) in [7, 11) is 0. The van der Waals surface area contributed by atoms with Gasteiger partial charge in [-0.2, -0.15) is 18.3 Å². The second-order valence-electron chi connectivity index (χ2n) is 8.11. The Kier molecular flexibility index (Phi) is 7.02. The molecule has 2 aliphatic rings. The van der Waals surface area contributed by atoms with Gasteiger partial charge in [-0.15, -0.1) is 0 Å². The maximum atomic E-state index is 10.6. The third kappa shape index (κ3) is 5.85. The van der Waals surface area contributed by atoms with E-state index in [2.05, 4.69) is 69.7 Å². The molecule has 2 aliphatic heterocycles. The van der Waals surface area contributed by atoms with Crippen molar-refractivity contribution in [3.8, 4) is 5.75 Å². The van der Waals surface area contributed by atoms with Crippen LogP contribution in [0, 0.1) is 0 Å². The normalized spacial score (nSPS) is 15.3. The number of alkyl halides is 3. The summed E-state index contributed by atoms with van der Waals surface area (Å²) in [6.45, 7) is 3.79. The molecule has 3 heterocycles. The fourth-order valence-electron chi connectivity index (χ4n) is 3.98. The lowest BCUT2D eigenvalue weighted by Crippen LogP contribution is -2.30. The van der Waals surface area contributed by atoms with E-state index in [1.165, 1.54) is 27.9 Å². The number of halogens is 3. The van der Waals surface area contributed by atoms with E-state index < -0.39 is 12.1 Å². The maximum absolute atomic E-state index is 10.6. The van der Waals surface area contributed by atoms with E-state index in [1.54, 1.807) is 0 Å². The molecular weight excluding hydrogens is 447 g/mol. The van der Waals surface area contributed by atoms with Crippen molar-refractivity contribution in [1.29, 1.82) is 0 Å². The molecular formula is C25H24F3N3O3. The van der Waals surface area contributed by atoms with Crippen molar-refractivity contribution >= 4 is 18.1 Å². The highest BCUT2D eigenvalue weighted by Gasteiger charge is 2.38. The van der Waals surface area contributed by atoms with Crippen LogP contribution >= 0.6 is 0 Å². The van der Waals surface area contributed by atoms with Gasteiger partial charge in [-0.05, 0) is 28.8 Å². The van der Waals surface area contributed by atoms with Crippen molar-refractivity contribution < 1.29 is 27.8 Å². The predicted molar refractivity (Wildman–Crippen MR) is 121 cm³/mol. The summed E-state index contributed by atoms with van der Waals surface area (Å²) < 4.78 is 37.4. The zero-order valence-corrected chi connectivity index (χ0v) is 18.3. The zero-order chi connectivity index (χ0) is 24.1. The van der Waals surface area contributed by atoms with Crippen molar-refractivity contribution in [2.45, 2.75) is 32.1 Å². The zero-order valence-electron chi connectivity index (χ0n) is 18.3. The fraction of sp³-hybridized carbons (Fsp3) is 0.280. The number of hydrogen-bond acceptors (Lipinski definition) is 4. The number of aromatic amines is 1. The number of ether oxygens (including phenoxy) is 1. The van der Waals surface area contributed by atoms with E-state index in [4.69, 9.17) is 14.6 Å². The second-order valence-corrected chi connectivity index (χ2v) is 8.11. The molecule has 0 amide bonds. The highest BCUT2D eigenvalue weighted by Crippen LogP contribution is 2.28. The van der Waals surface area contributed by atoms with E-state index in [0.29, 0.717) is 0 Å². The Labute approximate surface area is 194 Å². The number of rotatable bonds is 4. The van der Waals surface area contributed by atoms with Crippen LogP contribution in [-0.2, 0) is 30.7 Å². The number of nitrogens with one attached hydrogen (secondary N) is 1. The second kappa shape index (κ2) is 10.1. The summed E-state index contributed by atoms with van der Waals surface area (Å²) >= 11 is 0. The molecule has 3 aromatic rings. The molecule has 1 aromatic heterocycles. The Balaban J connectivity index is 0.000000344. The first-order valence-electron chi connectivity index (χ1n) is 10.9. The van der Waals surface area contributed by atoms with Gasteiger partial charge in [-0.25, -0.2) is 4.79 Å². The number of carboxylic acids is 1. The molecule has 0 unspecified atom stereocenters. The van der Waals surface area contributed by atoms with E-state index in [9.17, 15) is 13.2 Å². The lowest BCUT2D eigenvalue weighted by molar-refractivity contribution is -0.192. The summed E-state index contributed by atoms with van der Waals surface area (Å²) in [5.74, 6) is -1.70. The topological polar surface area (TPSA) is 78.5 Å². The van der Waals surface area contributed by atoms with Gasteiger partial charge >= 0.3 is 12.1 Å². The lowest BCUT2D eigenvalue weighted by atomic mass is 10.0. The third-order valence-electron chi connectivity index (χ3n) is 5.68. The average Bonchev–Trinajstić information content (AvgIpc) is 3.44. The van der Waals surface area contributed by atoms with Gasteiger partial charge in [0.2, 0.25) is 0 Å². The quantitative estimate of drug-likeness (QED) is 0.577. The van der Waals surface area contributed by atoms with Gasteiger partial charge in [0.15, 0.2) is 0 Å². The molecule has 178 valence electrons. The van der Waals surface area contributed by atoms with Crippen LogP contribution in [0.1, 0.15) is 33.6 Å². The molecule has 34 heavy (non-hydrogen) atoms. The smallest absolute Gasteiger partial charge is 0.490 e. The van der Waals surface area contributed by atoms with Crippen LogP contribution in [0.2, 0.25) is 0 Å². The van der Waals surface area contributed by atoms with Gasteiger partial charge in [0.05, 0.1) is 12.3 Å². The highest BCUT2D eigenvalue weighted by molar-refractivity contribution is 5.73. The Morgan fingerprint density at radius 1 is 1.15 bits per heavy atom. The number of hydrogen-bond donors (Lipinski definition) is 2. The Morgan fingerprint density at radius 3 is 2.65 bits per heavy atom. The number of aliphatic carboxylic acids is 1. The van der Waals surface area contributed by atoms with E-state index in [0.717, 1.165) is 50.5 Å². The molecule has 0 spiro atoms. The Hall–Kier alpha value is -3.59. The van der Waals surface area contributed by atoms with Crippen molar-refractivity contribution in [2.75, 3.05) is 13.2 Å². The van der Waals surface area contributed by atoms with Crippen LogP contribution in [-0.4, -0.2) is 45.5 Å². The first-order valence-corrected chi connectivity index (χ1v) is 10.9. The molecule has 6 nitrogen and oxygen atoms in total. The summed E-state index contributed by atoms with van der Waals surface area (Å²) in [4.78, 5) is 11.4. The standard InChI is InChI=1S/C23H23N3O.C2HF3O2/c1-2-4-17(5-3-1)6-8-21-20-16-26(12-10-22(20)25-24-21)15-18-7-9-23-19(14-18)11-13-27-23;3-2(4,5)1(6)7/h1-9,14H,10-13,15-16H2,(H,24,25);(H,6,7). The first-order chi connectivity index (χ1) is 16.3. The maximum Gasteiger partial charge on any atom is 0.490 e.